The first-order valence-electron chi connectivity index (χ1n) is 8.16. The summed E-state index contributed by atoms with van der Waals surface area (Å²) in [5, 5.41) is 16.5. The van der Waals surface area contributed by atoms with Crippen LogP contribution in [0.1, 0.15) is 13.8 Å². The first kappa shape index (κ1) is 17.2. The van der Waals surface area contributed by atoms with E-state index in [9.17, 15) is 4.79 Å². The Morgan fingerprint density at radius 2 is 1.92 bits per heavy atom. The average Bonchev–Trinajstić information content (AvgIpc) is 3.26. The van der Waals surface area contributed by atoms with Crippen LogP contribution in [0, 0.1) is 0 Å². The third-order valence-electron chi connectivity index (χ3n) is 3.62. The molecule has 0 spiro atoms. The molecule has 2 aromatic heterocycles. The second kappa shape index (κ2) is 7.98. The maximum Gasteiger partial charge on any atom is 0.234 e. The number of carbonyl (C=O) groups excluding carboxylic acids is 1. The van der Waals surface area contributed by atoms with Crippen molar-refractivity contribution in [2.75, 3.05) is 11.1 Å². The molecule has 0 aliphatic rings. The van der Waals surface area contributed by atoms with E-state index in [0.717, 1.165) is 23.8 Å². The zero-order valence-corrected chi connectivity index (χ0v) is 15.0. The topological polar surface area (TPSA) is 77.6 Å². The number of aryl methyl sites for hydroxylation is 1. The lowest BCUT2D eigenvalue weighted by Gasteiger charge is -2.07. The van der Waals surface area contributed by atoms with Crippen LogP contribution in [0.5, 0.6) is 0 Å². The molecule has 3 aromatic rings. The maximum atomic E-state index is 12.1. The number of nitrogens with zero attached hydrogens (tertiary/aromatic N) is 5. The van der Waals surface area contributed by atoms with E-state index in [1.807, 2.05) is 65.7 Å². The number of para-hydroxylation sites is 1. The number of benzene rings is 1. The molecular weight excluding hydrogens is 336 g/mol. The van der Waals surface area contributed by atoms with Gasteiger partial charge in [0.25, 0.3) is 0 Å². The van der Waals surface area contributed by atoms with Crippen LogP contribution in [0.2, 0.25) is 0 Å². The first-order valence-corrected chi connectivity index (χ1v) is 9.14. The molecule has 3 rings (SSSR count). The number of anilines is 1. The highest BCUT2D eigenvalue weighted by atomic mass is 32.2. The van der Waals surface area contributed by atoms with E-state index in [1.165, 1.54) is 11.8 Å². The lowest BCUT2D eigenvalue weighted by atomic mass is 10.3. The SMILES string of the molecule is CCn1ccc(-c2nnc(SCC(=O)Nc3ccccc3)n2CC)n1. The molecule has 0 saturated heterocycles. The Kier molecular flexibility index (Phi) is 5.49. The van der Waals surface area contributed by atoms with Gasteiger partial charge in [-0.1, -0.05) is 30.0 Å². The summed E-state index contributed by atoms with van der Waals surface area (Å²) in [7, 11) is 0. The molecule has 1 amide bonds. The van der Waals surface area contributed by atoms with E-state index in [4.69, 9.17) is 0 Å². The number of hydrogen-bond acceptors (Lipinski definition) is 5. The van der Waals surface area contributed by atoms with Gasteiger partial charge < -0.3 is 9.88 Å². The summed E-state index contributed by atoms with van der Waals surface area (Å²) in [5.74, 6) is 0.926. The summed E-state index contributed by atoms with van der Waals surface area (Å²) in [6.07, 6.45) is 1.92. The normalized spacial score (nSPS) is 10.8. The van der Waals surface area contributed by atoms with Crippen LogP contribution in [-0.2, 0) is 17.9 Å². The Morgan fingerprint density at radius 1 is 1.12 bits per heavy atom. The molecule has 0 fully saturated rings. The molecule has 0 radical (unpaired) electrons. The summed E-state index contributed by atoms with van der Waals surface area (Å²) in [6, 6.07) is 11.3. The summed E-state index contributed by atoms with van der Waals surface area (Å²) >= 11 is 1.37. The number of thioether (sulfide) groups is 1. The van der Waals surface area contributed by atoms with Crippen LogP contribution < -0.4 is 5.32 Å². The highest BCUT2D eigenvalue weighted by Crippen LogP contribution is 2.23. The molecule has 25 heavy (non-hydrogen) atoms. The zero-order chi connectivity index (χ0) is 17.6. The Morgan fingerprint density at radius 3 is 2.60 bits per heavy atom. The van der Waals surface area contributed by atoms with Crippen LogP contribution in [0.15, 0.2) is 47.8 Å². The number of hydrogen-bond donors (Lipinski definition) is 1. The van der Waals surface area contributed by atoms with E-state index < -0.39 is 0 Å². The van der Waals surface area contributed by atoms with Crippen molar-refractivity contribution in [3.05, 3.63) is 42.6 Å². The van der Waals surface area contributed by atoms with Gasteiger partial charge in [0.05, 0.1) is 5.75 Å². The Bertz CT molecular complexity index is 842. The second-order valence-corrected chi connectivity index (χ2v) is 6.25. The molecule has 8 heteroatoms. The van der Waals surface area contributed by atoms with Crippen molar-refractivity contribution in [3.8, 4) is 11.5 Å². The van der Waals surface area contributed by atoms with Crippen molar-refractivity contribution in [1.29, 1.82) is 0 Å². The smallest absolute Gasteiger partial charge is 0.234 e. The van der Waals surface area contributed by atoms with Crippen LogP contribution in [0.4, 0.5) is 5.69 Å². The molecule has 0 aliphatic carbocycles. The predicted molar refractivity (Wildman–Crippen MR) is 98.4 cm³/mol. The lowest BCUT2D eigenvalue weighted by molar-refractivity contribution is -0.113. The number of nitrogens with one attached hydrogen (secondary N) is 1. The third kappa shape index (κ3) is 4.08. The minimum atomic E-state index is -0.0707. The molecule has 7 nitrogen and oxygen atoms in total. The van der Waals surface area contributed by atoms with Gasteiger partial charge in [0, 0.05) is 25.0 Å². The molecule has 0 atom stereocenters. The van der Waals surface area contributed by atoms with Crippen molar-refractivity contribution in [3.63, 3.8) is 0 Å². The largest absolute Gasteiger partial charge is 0.325 e. The van der Waals surface area contributed by atoms with Gasteiger partial charge in [-0.2, -0.15) is 5.10 Å². The maximum absolute atomic E-state index is 12.1. The van der Waals surface area contributed by atoms with Crippen LogP contribution in [0.3, 0.4) is 0 Å². The molecule has 0 saturated carbocycles. The summed E-state index contributed by atoms with van der Waals surface area (Å²) in [6.45, 7) is 5.58. The van der Waals surface area contributed by atoms with Crippen molar-refractivity contribution < 1.29 is 4.79 Å². The Hall–Kier alpha value is -2.61. The number of amides is 1. The minimum Gasteiger partial charge on any atom is -0.325 e. The Balaban J connectivity index is 1.67. The van der Waals surface area contributed by atoms with E-state index in [-0.39, 0.29) is 11.7 Å². The molecular formula is C17H20N6OS. The quantitative estimate of drug-likeness (QED) is 0.659. The highest BCUT2D eigenvalue weighted by Gasteiger charge is 2.16. The average molecular weight is 356 g/mol. The fourth-order valence-corrected chi connectivity index (χ4v) is 3.18. The molecule has 130 valence electrons. The number of carbonyl (C=O) groups is 1. The van der Waals surface area contributed by atoms with Gasteiger partial charge in [0.2, 0.25) is 5.91 Å². The van der Waals surface area contributed by atoms with E-state index in [1.54, 1.807) is 0 Å². The Labute approximate surface area is 150 Å². The second-order valence-electron chi connectivity index (χ2n) is 5.31. The van der Waals surface area contributed by atoms with E-state index in [0.29, 0.717) is 11.7 Å². The van der Waals surface area contributed by atoms with Crippen LogP contribution in [-0.4, -0.2) is 36.2 Å². The molecule has 0 bridgehead atoms. The van der Waals surface area contributed by atoms with Gasteiger partial charge in [-0.15, -0.1) is 10.2 Å². The van der Waals surface area contributed by atoms with Gasteiger partial charge in [0.1, 0.15) is 5.69 Å². The van der Waals surface area contributed by atoms with Crippen molar-refractivity contribution in [2.45, 2.75) is 32.1 Å². The standard InChI is InChI=1S/C17H20N6OS/c1-3-22-11-10-14(21-22)16-19-20-17(23(16)4-2)25-12-15(24)18-13-8-6-5-7-9-13/h5-11H,3-4,12H2,1-2H3,(H,18,24). The van der Waals surface area contributed by atoms with Gasteiger partial charge in [-0.25, -0.2) is 0 Å². The van der Waals surface area contributed by atoms with Crippen molar-refractivity contribution >= 4 is 23.4 Å². The number of rotatable bonds is 7. The monoisotopic (exact) mass is 356 g/mol. The lowest BCUT2D eigenvalue weighted by Crippen LogP contribution is -2.14. The summed E-state index contributed by atoms with van der Waals surface area (Å²) < 4.78 is 3.83. The third-order valence-corrected chi connectivity index (χ3v) is 4.58. The van der Waals surface area contributed by atoms with Crippen molar-refractivity contribution in [1.82, 2.24) is 24.5 Å². The van der Waals surface area contributed by atoms with Crippen LogP contribution >= 0.6 is 11.8 Å². The predicted octanol–water partition coefficient (Wildman–Crippen LogP) is 2.91. The zero-order valence-electron chi connectivity index (χ0n) is 14.2. The highest BCUT2D eigenvalue weighted by molar-refractivity contribution is 7.99. The molecule has 2 heterocycles. The van der Waals surface area contributed by atoms with Gasteiger partial charge in [-0.05, 0) is 32.0 Å². The van der Waals surface area contributed by atoms with Gasteiger partial charge in [0.15, 0.2) is 11.0 Å². The summed E-state index contributed by atoms with van der Waals surface area (Å²) in [4.78, 5) is 12.1. The van der Waals surface area contributed by atoms with Gasteiger partial charge in [-0.3, -0.25) is 9.48 Å². The van der Waals surface area contributed by atoms with Crippen LogP contribution in [0.25, 0.3) is 11.5 Å². The molecule has 1 N–H and O–H groups in total. The summed E-state index contributed by atoms with van der Waals surface area (Å²) in [5.41, 5.74) is 1.58. The van der Waals surface area contributed by atoms with Crippen molar-refractivity contribution in [2.24, 2.45) is 0 Å². The first-order chi connectivity index (χ1) is 12.2. The minimum absolute atomic E-state index is 0.0707. The van der Waals surface area contributed by atoms with Gasteiger partial charge >= 0.3 is 0 Å². The molecule has 1 aromatic carbocycles. The van der Waals surface area contributed by atoms with E-state index >= 15 is 0 Å². The fourth-order valence-electron chi connectivity index (χ4n) is 2.38. The fraction of sp³-hybridized carbons (Fsp3) is 0.294. The molecule has 0 unspecified atom stereocenters. The molecule has 0 aliphatic heterocycles. The number of aromatic nitrogens is 5. The van der Waals surface area contributed by atoms with E-state index in [2.05, 4.69) is 20.6 Å².